The number of carbonyl (C=O) groups excluding carboxylic acids is 2. The second-order valence-corrected chi connectivity index (χ2v) is 6.48. The van der Waals surface area contributed by atoms with Crippen LogP contribution in [0.4, 0.5) is 5.69 Å². The van der Waals surface area contributed by atoms with Gasteiger partial charge in [-0.05, 0) is 24.3 Å². The summed E-state index contributed by atoms with van der Waals surface area (Å²) in [5, 5.41) is 8.10. The Labute approximate surface area is 128 Å². The van der Waals surface area contributed by atoms with Crippen molar-refractivity contribution in [3.8, 4) is 0 Å². The molecule has 1 saturated heterocycles. The number of rotatable bonds is 5. The third kappa shape index (κ3) is 3.40. The number of carbonyl (C=O) groups is 3. The maximum Gasteiger partial charge on any atom is 0.304 e. The summed E-state index contributed by atoms with van der Waals surface area (Å²) < 4.78 is 0.868. The Morgan fingerprint density at radius 3 is 2.60 bits per heavy atom. The molecule has 0 saturated carbocycles. The maximum atomic E-state index is 12.2. The third-order valence-corrected chi connectivity index (χ3v) is 4.56. The zero-order valence-electron chi connectivity index (χ0n) is 10.4. The number of thioether (sulfide) groups is 1. The van der Waals surface area contributed by atoms with E-state index in [4.69, 9.17) is 5.11 Å². The first-order valence-corrected chi connectivity index (χ1v) is 7.79. The van der Waals surface area contributed by atoms with Crippen LogP contribution >= 0.6 is 27.7 Å². The summed E-state index contributed by atoms with van der Waals surface area (Å²) in [5.74, 6) is -1.09. The van der Waals surface area contributed by atoms with E-state index in [1.807, 2.05) is 0 Å². The number of aliphatic carboxylic acids is 1. The van der Waals surface area contributed by atoms with Crippen molar-refractivity contribution in [2.45, 2.75) is 18.1 Å². The topological polar surface area (TPSA) is 74.7 Å². The van der Waals surface area contributed by atoms with E-state index in [9.17, 15) is 14.4 Å². The number of benzene rings is 1. The Morgan fingerprint density at radius 2 is 2.00 bits per heavy atom. The lowest BCUT2D eigenvalue weighted by atomic mass is 10.3. The van der Waals surface area contributed by atoms with Crippen molar-refractivity contribution in [3.05, 3.63) is 28.7 Å². The van der Waals surface area contributed by atoms with Crippen LogP contribution in [-0.2, 0) is 14.4 Å². The Morgan fingerprint density at radius 1 is 1.35 bits per heavy atom. The maximum absolute atomic E-state index is 12.2. The summed E-state index contributed by atoms with van der Waals surface area (Å²) in [7, 11) is 0. The molecule has 0 bridgehead atoms. The molecule has 2 amide bonds. The fourth-order valence-electron chi connectivity index (χ4n) is 1.88. The van der Waals surface area contributed by atoms with Crippen LogP contribution in [0, 0.1) is 0 Å². The normalized spacial score (nSPS) is 18.6. The molecule has 1 aliphatic heterocycles. The minimum absolute atomic E-state index is 0.0130. The molecular weight excluding hydrogens is 346 g/mol. The Kier molecular flexibility index (Phi) is 4.82. The highest BCUT2D eigenvalue weighted by molar-refractivity contribution is 9.10. The molecule has 5 nitrogen and oxygen atoms in total. The van der Waals surface area contributed by atoms with Crippen LogP contribution in [0.1, 0.15) is 12.8 Å². The van der Waals surface area contributed by atoms with Gasteiger partial charge in [0.05, 0.1) is 17.4 Å². The second kappa shape index (κ2) is 6.41. The molecule has 1 atom stereocenters. The quantitative estimate of drug-likeness (QED) is 0.818. The van der Waals surface area contributed by atoms with E-state index in [-0.39, 0.29) is 24.7 Å². The van der Waals surface area contributed by atoms with E-state index in [2.05, 4.69) is 15.9 Å². The van der Waals surface area contributed by atoms with Crippen LogP contribution in [0.25, 0.3) is 0 Å². The van der Waals surface area contributed by atoms with Gasteiger partial charge in [0.15, 0.2) is 0 Å². The number of hydrogen-bond donors (Lipinski definition) is 1. The number of imide groups is 1. The van der Waals surface area contributed by atoms with Crippen molar-refractivity contribution < 1.29 is 19.5 Å². The van der Waals surface area contributed by atoms with E-state index in [0.29, 0.717) is 11.4 Å². The molecule has 1 heterocycles. The third-order valence-electron chi connectivity index (χ3n) is 2.83. The van der Waals surface area contributed by atoms with Gasteiger partial charge in [-0.25, -0.2) is 4.90 Å². The van der Waals surface area contributed by atoms with Gasteiger partial charge in [-0.3, -0.25) is 14.4 Å². The van der Waals surface area contributed by atoms with Crippen molar-refractivity contribution in [2.24, 2.45) is 0 Å². The summed E-state index contributed by atoms with van der Waals surface area (Å²) >= 11 is 4.52. The highest BCUT2D eigenvalue weighted by Crippen LogP contribution is 2.30. The smallest absolute Gasteiger partial charge is 0.304 e. The van der Waals surface area contributed by atoms with Gasteiger partial charge in [-0.1, -0.05) is 15.9 Å². The number of carboxylic acid groups (broad SMARTS) is 1. The number of amides is 2. The van der Waals surface area contributed by atoms with Crippen molar-refractivity contribution in [2.75, 3.05) is 10.7 Å². The van der Waals surface area contributed by atoms with Crippen molar-refractivity contribution in [3.63, 3.8) is 0 Å². The van der Waals surface area contributed by atoms with E-state index in [0.717, 1.165) is 4.47 Å². The lowest BCUT2D eigenvalue weighted by molar-refractivity contribution is -0.136. The van der Waals surface area contributed by atoms with Gasteiger partial charge in [-0.15, -0.1) is 11.8 Å². The molecule has 0 unspecified atom stereocenters. The van der Waals surface area contributed by atoms with Gasteiger partial charge in [0.1, 0.15) is 0 Å². The molecule has 7 heteroatoms. The SMILES string of the molecule is O=C(O)CCS[C@@H]1CC(=O)N(c2ccc(Br)cc2)C1=O. The fourth-order valence-corrected chi connectivity index (χ4v) is 3.23. The number of halogens is 1. The average Bonchev–Trinajstić information content (AvgIpc) is 2.66. The predicted octanol–water partition coefficient (Wildman–Crippen LogP) is 2.29. The highest BCUT2D eigenvalue weighted by atomic mass is 79.9. The molecule has 1 aromatic rings. The molecule has 1 aromatic carbocycles. The molecule has 0 aromatic heterocycles. The standard InChI is InChI=1S/C13H12BrNO4S/c14-8-1-3-9(4-2-8)15-11(16)7-10(13(15)19)20-6-5-12(17)18/h1-4,10H,5-7H2,(H,17,18)/t10-/m1/s1. The van der Waals surface area contributed by atoms with Crippen molar-refractivity contribution >= 4 is 51.2 Å². The van der Waals surface area contributed by atoms with Gasteiger partial charge in [0.2, 0.25) is 11.8 Å². The highest BCUT2D eigenvalue weighted by Gasteiger charge is 2.39. The number of hydrogen-bond acceptors (Lipinski definition) is 4. The summed E-state index contributed by atoms with van der Waals surface area (Å²) in [6.45, 7) is 0. The molecule has 106 valence electrons. The molecule has 0 spiro atoms. The minimum Gasteiger partial charge on any atom is -0.481 e. The molecule has 1 fully saturated rings. The molecule has 2 rings (SSSR count). The van der Waals surface area contributed by atoms with Gasteiger partial charge in [0, 0.05) is 16.6 Å². The van der Waals surface area contributed by atoms with Crippen molar-refractivity contribution in [1.82, 2.24) is 0 Å². The van der Waals surface area contributed by atoms with E-state index in [1.165, 1.54) is 16.7 Å². The van der Waals surface area contributed by atoms with E-state index < -0.39 is 11.2 Å². The first-order chi connectivity index (χ1) is 9.49. The van der Waals surface area contributed by atoms with Gasteiger partial charge < -0.3 is 5.11 Å². The molecule has 0 radical (unpaired) electrons. The Hall–Kier alpha value is -1.34. The first-order valence-electron chi connectivity index (χ1n) is 5.95. The number of anilines is 1. The van der Waals surface area contributed by atoms with Crippen LogP contribution in [0.15, 0.2) is 28.7 Å². The van der Waals surface area contributed by atoms with Gasteiger partial charge in [-0.2, -0.15) is 0 Å². The van der Waals surface area contributed by atoms with Crippen LogP contribution in [-0.4, -0.2) is 33.9 Å². The van der Waals surface area contributed by atoms with Crippen LogP contribution in [0.5, 0.6) is 0 Å². The molecular formula is C13H12BrNO4S. The largest absolute Gasteiger partial charge is 0.481 e. The zero-order chi connectivity index (χ0) is 14.7. The Bertz CT molecular complexity index is 546. The van der Waals surface area contributed by atoms with E-state index in [1.54, 1.807) is 24.3 Å². The lowest BCUT2D eigenvalue weighted by Crippen LogP contribution is -2.31. The van der Waals surface area contributed by atoms with Crippen LogP contribution in [0.2, 0.25) is 0 Å². The molecule has 1 aliphatic rings. The summed E-state index contributed by atoms with van der Waals surface area (Å²) in [4.78, 5) is 35.8. The second-order valence-electron chi connectivity index (χ2n) is 4.25. The van der Waals surface area contributed by atoms with Gasteiger partial charge in [0.25, 0.3) is 0 Å². The zero-order valence-corrected chi connectivity index (χ0v) is 12.8. The first kappa shape index (κ1) is 15.1. The molecule has 0 aliphatic carbocycles. The summed E-state index contributed by atoms with van der Waals surface area (Å²) in [6.07, 6.45) is 0.111. The number of carboxylic acids is 1. The van der Waals surface area contributed by atoms with Crippen molar-refractivity contribution in [1.29, 1.82) is 0 Å². The van der Waals surface area contributed by atoms with Crippen LogP contribution in [0.3, 0.4) is 0 Å². The average molecular weight is 358 g/mol. The minimum atomic E-state index is -0.904. The number of nitrogens with zero attached hydrogens (tertiary/aromatic N) is 1. The summed E-state index contributed by atoms with van der Waals surface area (Å²) in [5.41, 5.74) is 0.546. The Balaban J connectivity index is 2.05. The van der Waals surface area contributed by atoms with Crippen LogP contribution < -0.4 is 4.90 Å². The molecule has 1 N–H and O–H groups in total. The summed E-state index contributed by atoms with van der Waals surface area (Å²) in [6, 6.07) is 6.93. The van der Waals surface area contributed by atoms with Gasteiger partial charge >= 0.3 is 5.97 Å². The molecule has 20 heavy (non-hydrogen) atoms. The lowest BCUT2D eigenvalue weighted by Gasteiger charge is -2.14. The fraction of sp³-hybridized carbons (Fsp3) is 0.308. The predicted molar refractivity (Wildman–Crippen MR) is 79.8 cm³/mol. The monoisotopic (exact) mass is 357 g/mol. The van der Waals surface area contributed by atoms with E-state index >= 15 is 0 Å².